The SMILES string of the molecule is Cc1cc(Nc2nc(CO)nc3cccc(-c4ccc(F)cc4)c23)n[nH]1. The molecule has 2 aromatic heterocycles. The molecule has 2 heterocycles. The standard InChI is InChI=1S/C19H16FN5O/c1-11-9-16(25-24-11)22-19-18-14(12-5-7-13(20)8-6-12)3-2-4-15(18)21-17(10-26)23-19/h2-9,26H,10H2,1H3,(H2,21,22,23,24,25). The predicted molar refractivity (Wildman–Crippen MR) is 97.5 cm³/mol. The molecule has 2 aromatic carbocycles. The number of aromatic amines is 1. The van der Waals surface area contributed by atoms with E-state index in [0.717, 1.165) is 22.2 Å². The maximum absolute atomic E-state index is 13.3. The molecule has 130 valence electrons. The van der Waals surface area contributed by atoms with Crippen LogP contribution in [-0.4, -0.2) is 25.3 Å². The van der Waals surface area contributed by atoms with E-state index in [9.17, 15) is 9.50 Å². The number of fused-ring (bicyclic) bond motifs is 1. The molecule has 3 N–H and O–H groups in total. The number of nitrogens with one attached hydrogen (secondary N) is 2. The summed E-state index contributed by atoms with van der Waals surface area (Å²) in [6.07, 6.45) is 0. The van der Waals surface area contributed by atoms with Crippen molar-refractivity contribution in [3.8, 4) is 11.1 Å². The van der Waals surface area contributed by atoms with Gasteiger partial charge in [0, 0.05) is 11.8 Å². The monoisotopic (exact) mass is 349 g/mol. The summed E-state index contributed by atoms with van der Waals surface area (Å²) in [4.78, 5) is 8.83. The minimum Gasteiger partial charge on any atom is -0.388 e. The molecule has 6 nitrogen and oxygen atoms in total. The van der Waals surface area contributed by atoms with Crippen LogP contribution < -0.4 is 5.32 Å². The van der Waals surface area contributed by atoms with Gasteiger partial charge >= 0.3 is 0 Å². The highest BCUT2D eigenvalue weighted by Gasteiger charge is 2.14. The second-order valence-corrected chi connectivity index (χ2v) is 5.91. The molecule has 0 saturated carbocycles. The molecule has 0 saturated heterocycles. The maximum atomic E-state index is 13.3. The Balaban J connectivity index is 1.94. The lowest BCUT2D eigenvalue weighted by Crippen LogP contribution is -2.03. The molecule has 0 aliphatic carbocycles. The number of aromatic nitrogens is 4. The van der Waals surface area contributed by atoms with E-state index >= 15 is 0 Å². The summed E-state index contributed by atoms with van der Waals surface area (Å²) in [5.74, 6) is 1.16. The van der Waals surface area contributed by atoms with Crippen molar-refractivity contribution < 1.29 is 9.50 Å². The molecule has 0 fully saturated rings. The van der Waals surface area contributed by atoms with Crippen molar-refractivity contribution in [3.05, 3.63) is 65.9 Å². The molecular weight excluding hydrogens is 333 g/mol. The first kappa shape index (κ1) is 16.2. The lowest BCUT2D eigenvalue weighted by atomic mass is 10.0. The van der Waals surface area contributed by atoms with Gasteiger partial charge in [0.05, 0.1) is 10.9 Å². The summed E-state index contributed by atoms with van der Waals surface area (Å²) in [5.41, 5.74) is 3.30. The Labute approximate surface area is 148 Å². The summed E-state index contributed by atoms with van der Waals surface area (Å²) >= 11 is 0. The Kier molecular flexibility index (Phi) is 4.06. The molecule has 0 radical (unpaired) electrons. The Morgan fingerprint density at radius 2 is 1.92 bits per heavy atom. The molecule has 0 aliphatic rings. The van der Waals surface area contributed by atoms with Gasteiger partial charge in [-0.15, -0.1) is 0 Å². The number of anilines is 2. The zero-order valence-corrected chi connectivity index (χ0v) is 14.0. The Bertz CT molecular complexity index is 1080. The van der Waals surface area contributed by atoms with Crippen molar-refractivity contribution in [3.63, 3.8) is 0 Å². The van der Waals surface area contributed by atoms with Crippen LogP contribution in [0.4, 0.5) is 16.0 Å². The minimum atomic E-state index is -0.293. The Hall–Kier alpha value is -3.32. The van der Waals surface area contributed by atoms with Crippen LogP contribution in [0.5, 0.6) is 0 Å². The van der Waals surface area contributed by atoms with E-state index in [2.05, 4.69) is 25.5 Å². The third-order valence-corrected chi connectivity index (χ3v) is 4.02. The third-order valence-electron chi connectivity index (χ3n) is 4.02. The zero-order valence-electron chi connectivity index (χ0n) is 14.0. The summed E-state index contributed by atoms with van der Waals surface area (Å²) < 4.78 is 13.3. The molecule has 0 spiro atoms. The first-order chi connectivity index (χ1) is 12.6. The predicted octanol–water partition coefficient (Wildman–Crippen LogP) is 3.70. The zero-order chi connectivity index (χ0) is 18.1. The molecule has 0 aliphatic heterocycles. The van der Waals surface area contributed by atoms with E-state index in [0.29, 0.717) is 23.0 Å². The summed E-state index contributed by atoms with van der Waals surface area (Å²) in [5, 5.41) is 20.5. The molecule has 0 amide bonds. The number of aryl methyl sites for hydroxylation is 1. The topological polar surface area (TPSA) is 86.7 Å². The molecule has 4 aromatic rings. The lowest BCUT2D eigenvalue weighted by Gasteiger charge is -2.12. The van der Waals surface area contributed by atoms with Crippen LogP contribution in [0.3, 0.4) is 0 Å². The Morgan fingerprint density at radius 1 is 1.12 bits per heavy atom. The molecule has 26 heavy (non-hydrogen) atoms. The number of halogens is 1. The van der Waals surface area contributed by atoms with Gasteiger partial charge in [0.1, 0.15) is 18.2 Å². The van der Waals surface area contributed by atoms with Gasteiger partial charge in [0.15, 0.2) is 11.6 Å². The first-order valence-electron chi connectivity index (χ1n) is 8.09. The summed E-state index contributed by atoms with van der Waals surface area (Å²) in [6, 6.07) is 13.8. The molecule has 0 unspecified atom stereocenters. The van der Waals surface area contributed by atoms with Gasteiger partial charge in [-0.05, 0) is 36.2 Å². The highest BCUT2D eigenvalue weighted by molar-refractivity contribution is 6.02. The van der Waals surface area contributed by atoms with Gasteiger partial charge in [0.25, 0.3) is 0 Å². The summed E-state index contributed by atoms with van der Waals surface area (Å²) in [6.45, 7) is 1.63. The fourth-order valence-corrected chi connectivity index (χ4v) is 2.87. The fourth-order valence-electron chi connectivity index (χ4n) is 2.87. The average Bonchev–Trinajstić information content (AvgIpc) is 3.06. The third kappa shape index (κ3) is 3.00. The normalized spacial score (nSPS) is 11.0. The average molecular weight is 349 g/mol. The molecule has 7 heteroatoms. The van der Waals surface area contributed by atoms with Crippen LogP contribution in [0.1, 0.15) is 11.5 Å². The van der Waals surface area contributed by atoms with Crippen molar-refractivity contribution in [2.45, 2.75) is 13.5 Å². The smallest absolute Gasteiger partial charge is 0.156 e. The number of aliphatic hydroxyl groups excluding tert-OH is 1. The summed E-state index contributed by atoms with van der Waals surface area (Å²) in [7, 11) is 0. The van der Waals surface area contributed by atoms with Crippen LogP contribution in [0.2, 0.25) is 0 Å². The van der Waals surface area contributed by atoms with Crippen LogP contribution in [0.15, 0.2) is 48.5 Å². The van der Waals surface area contributed by atoms with E-state index in [1.165, 1.54) is 12.1 Å². The van der Waals surface area contributed by atoms with Crippen molar-refractivity contribution in [1.82, 2.24) is 20.2 Å². The van der Waals surface area contributed by atoms with E-state index in [4.69, 9.17) is 0 Å². The lowest BCUT2D eigenvalue weighted by molar-refractivity contribution is 0.272. The van der Waals surface area contributed by atoms with Crippen molar-refractivity contribution in [2.24, 2.45) is 0 Å². The number of hydrogen-bond donors (Lipinski definition) is 3. The van der Waals surface area contributed by atoms with Gasteiger partial charge in [-0.25, -0.2) is 14.4 Å². The second-order valence-electron chi connectivity index (χ2n) is 5.91. The molecule has 4 rings (SSSR count). The van der Waals surface area contributed by atoms with E-state index in [1.54, 1.807) is 12.1 Å². The molecule has 0 atom stereocenters. The van der Waals surface area contributed by atoms with Crippen LogP contribution >= 0.6 is 0 Å². The largest absolute Gasteiger partial charge is 0.388 e. The Morgan fingerprint density at radius 3 is 2.62 bits per heavy atom. The maximum Gasteiger partial charge on any atom is 0.156 e. The molecular formula is C19H16FN5O. The number of nitrogens with zero attached hydrogens (tertiary/aromatic N) is 3. The van der Waals surface area contributed by atoms with Crippen molar-refractivity contribution >= 4 is 22.5 Å². The van der Waals surface area contributed by atoms with Crippen LogP contribution in [0.25, 0.3) is 22.0 Å². The fraction of sp³-hybridized carbons (Fsp3) is 0.105. The van der Waals surface area contributed by atoms with Crippen molar-refractivity contribution in [1.29, 1.82) is 0 Å². The molecule has 0 bridgehead atoms. The van der Waals surface area contributed by atoms with Gasteiger partial charge < -0.3 is 10.4 Å². The van der Waals surface area contributed by atoms with Crippen LogP contribution in [0, 0.1) is 12.7 Å². The quantitative estimate of drug-likeness (QED) is 0.523. The highest BCUT2D eigenvalue weighted by atomic mass is 19.1. The van der Waals surface area contributed by atoms with Gasteiger partial charge in [-0.3, -0.25) is 5.10 Å². The van der Waals surface area contributed by atoms with Crippen molar-refractivity contribution in [2.75, 3.05) is 5.32 Å². The number of rotatable bonds is 4. The minimum absolute atomic E-state index is 0.273. The van der Waals surface area contributed by atoms with Gasteiger partial charge in [-0.2, -0.15) is 5.10 Å². The first-order valence-corrected chi connectivity index (χ1v) is 8.09. The van der Waals surface area contributed by atoms with Gasteiger partial charge in [-0.1, -0.05) is 24.3 Å². The van der Waals surface area contributed by atoms with Gasteiger partial charge in [0.2, 0.25) is 0 Å². The number of benzene rings is 2. The van der Waals surface area contributed by atoms with E-state index in [-0.39, 0.29) is 12.4 Å². The van der Waals surface area contributed by atoms with E-state index in [1.807, 2.05) is 31.2 Å². The van der Waals surface area contributed by atoms with Crippen LogP contribution in [-0.2, 0) is 6.61 Å². The second kappa shape index (κ2) is 6.53. The number of aliphatic hydroxyl groups is 1. The highest BCUT2D eigenvalue weighted by Crippen LogP contribution is 2.33. The number of H-pyrrole nitrogens is 1. The number of hydrogen-bond acceptors (Lipinski definition) is 5. The van der Waals surface area contributed by atoms with E-state index < -0.39 is 0 Å².